The number of aromatic amines is 1. The van der Waals surface area contributed by atoms with Gasteiger partial charge in [-0.15, -0.1) is 11.8 Å². The maximum atomic E-state index is 15.5. The number of hydrogen-bond donors (Lipinski definition) is 13. The number of aromatic nitrogens is 1. The molecule has 14 N–H and O–H groups in total. The van der Waals surface area contributed by atoms with Crippen molar-refractivity contribution in [3.05, 3.63) is 209 Å². The summed E-state index contributed by atoms with van der Waals surface area (Å²) in [6.07, 6.45) is -5.45. The van der Waals surface area contributed by atoms with Crippen molar-refractivity contribution in [3.8, 4) is 5.75 Å². The van der Waals surface area contributed by atoms with Gasteiger partial charge in [-0.2, -0.15) is 13.2 Å². The minimum Gasteiger partial charge on any atom is -0.508 e. The van der Waals surface area contributed by atoms with E-state index in [2.05, 4.69) is 52.8 Å². The molecule has 0 spiro atoms. The molecule has 0 aliphatic carbocycles. The Morgan fingerprint density at radius 2 is 0.939 bits per heavy atom. The van der Waals surface area contributed by atoms with Gasteiger partial charge in [0.1, 0.15) is 72.2 Å². The van der Waals surface area contributed by atoms with E-state index in [0.717, 1.165) is 60.5 Å². The number of carboxylic acids is 1. The summed E-state index contributed by atoms with van der Waals surface area (Å²) < 4.78 is 42.4. The van der Waals surface area contributed by atoms with E-state index in [9.17, 15) is 66.5 Å². The van der Waals surface area contributed by atoms with Crippen LogP contribution in [0.3, 0.4) is 0 Å². The zero-order chi connectivity index (χ0) is 96.8. The number of likely N-dealkylation sites (N-methyl/N-ethyl adjacent to an activating group) is 5. The van der Waals surface area contributed by atoms with Gasteiger partial charge < -0.3 is 93.3 Å². The number of alkyl halides is 3. The van der Waals surface area contributed by atoms with Crippen molar-refractivity contribution in [3.63, 3.8) is 0 Å². The zero-order valence-corrected chi connectivity index (χ0v) is 76.1. The third-order valence-corrected chi connectivity index (χ3v) is 23.4. The first-order valence-corrected chi connectivity index (χ1v) is 44.4. The number of nitrogens with one attached hydrogen (secondary N) is 10. The van der Waals surface area contributed by atoms with Crippen molar-refractivity contribution < 1.29 is 100 Å². The molecular formula is C94H117F3N16O18S. The van der Waals surface area contributed by atoms with Crippen LogP contribution in [-0.4, -0.2) is 267 Å². The summed E-state index contributed by atoms with van der Waals surface area (Å²) in [4.78, 5) is 243. The monoisotopic (exact) mass is 1850 g/mol. The first-order chi connectivity index (χ1) is 62.6. The number of primary amides is 1. The van der Waals surface area contributed by atoms with Gasteiger partial charge in [-0.25, -0.2) is 0 Å². The highest BCUT2D eigenvalue weighted by atomic mass is 32.2. The number of benzene rings is 6. The minimum atomic E-state index is -4.81. The van der Waals surface area contributed by atoms with E-state index >= 15 is 33.6 Å². The molecule has 132 heavy (non-hydrogen) atoms. The second-order valence-corrected chi connectivity index (χ2v) is 34.6. The van der Waals surface area contributed by atoms with Crippen LogP contribution in [0.15, 0.2) is 170 Å². The number of carbonyl (C=O) groups excluding carboxylic acids is 15. The van der Waals surface area contributed by atoms with E-state index in [1.807, 2.05) is 6.92 Å². The second-order valence-electron chi connectivity index (χ2n) is 33.6. The van der Waals surface area contributed by atoms with Gasteiger partial charge in [-0.1, -0.05) is 181 Å². The number of unbranched alkanes of at least 4 members (excludes halogenated alkanes) is 1. The third-order valence-electron chi connectivity index (χ3n) is 22.4. The Balaban J connectivity index is 1.22. The maximum absolute atomic E-state index is 15.5. The maximum Gasteiger partial charge on any atom is 0.416 e. The Hall–Kier alpha value is -13.7. The smallest absolute Gasteiger partial charge is 0.416 e. The Bertz CT molecular complexity index is 5190. The van der Waals surface area contributed by atoms with Crippen LogP contribution in [0.1, 0.15) is 106 Å². The molecule has 38 heteroatoms. The Morgan fingerprint density at radius 1 is 0.485 bits per heavy atom. The number of halogens is 3. The van der Waals surface area contributed by atoms with E-state index in [1.165, 1.54) is 59.5 Å². The molecule has 1 aliphatic heterocycles. The van der Waals surface area contributed by atoms with E-state index < -0.39 is 229 Å². The number of amides is 15. The van der Waals surface area contributed by atoms with E-state index in [4.69, 9.17) is 5.73 Å². The SMILES string of the molecule is CCCC[C@H]1C(=O)N(C)CC(=O)N[C@@H](CC(=O)O)C(=O)N[C@@H](C(C)C)C(=O)N(C)[C@@H](Cc2ccccc2)C(=O)N[C@@H](Cc2ccc(O)cc2)C(=O)N(C)CC(=O)N[C@@H](Cc2c[nH]c3ccccc23)C(=O)N[C@@H](Cc2ccc(C(F)(F)F)cc2)C(=O)N[C@@H](CC(C)C)C(=O)N[C@H](C(=O)NCC(N)=O)CSCC(=O)N[C@@H](Cc2ccccc2)C(=O)N(C)[C@@H](Cc2ccccc2)C(=O)N1C. The lowest BCUT2D eigenvalue weighted by Gasteiger charge is -2.37. The van der Waals surface area contributed by atoms with Crippen molar-refractivity contribution in [2.45, 2.75) is 178 Å². The quantitative estimate of drug-likeness (QED) is 0.0435. The van der Waals surface area contributed by atoms with Crippen LogP contribution in [0.4, 0.5) is 13.2 Å². The van der Waals surface area contributed by atoms with Crippen LogP contribution in [0.25, 0.3) is 10.9 Å². The van der Waals surface area contributed by atoms with E-state index in [-0.39, 0.29) is 56.3 Å². The summed E-state index contributed by atoms with van der Waals surface area (Å²) in [6.45, 7) is 5.85. The fraction of sp³-hybridized carbons (Fsp3) is 0.426. The number of aliphatic carboxylic acids is 1. The van der Waals surface area contributed by atoms with Crippen LogP contribution in [0, 0.1) is 11.8 Å². The molecule has 6 aromatic carbocycles. The van der Waals surface area contributed by atoms with Crippen LogP contribution < -0.4 is 53.6 Å². The topological polar surface area (TPSA) is 480 Å². The van der Waals surface area contributed by atoms with E-state index in [0.29, 0.717) is 51.6 Å². The van der Waals surface area contributed by atoms with Crippen molar-refractivity contribution in [1.82, 2.24) is 77.3 Å². The fourth-order valence-corrected chi connectivity index (χ4v) is 16.0. The van der Waals surface area contributed by atoms with Gasteiger partial charge in [0.25, 0.3) is 0 Å². The number of carbonyl (C=O) groups is 16. The van der Waals surface area contributed by atoms with Crippen molar-refractivity contribution in [1.29, 1.82) is 0 Å². The molecule has 34 nitrogen and oxygen atoms in total. The predicted molar refractivity (Wildman–Crippen MR) is 485 cm³/mol. The summed E-state index contributed by atoms with van der Waals surface area (Å²) in [5, 5.41) is 44.6. The number of para-hydroxylation sites is 1. The lowest BCUT2D eigenvalue weighted by atomic mass is 9.98. The molecule has 0 bridgehead atoms. The number of H-pyrrole nitrogens is 1. The number of phenolic OH excluding ortho intramolecular Hbond substituents is 1. The first kappa shape index (κ1) is 104. The average molecular weight is 1850 g/mol. The zero-order valence-electron chi connectivity index (χ0n) is 75.3. The number of hydrogen-bond acceptors (Lipinski definition) is 18. The Labute approximate surface area is 767 Å². The van der Waals surface area contributed by atoms with Gasteiger partial charge in [0.15, 0.2) is 0 Å². The standard InChI is InChI=1S/C94H117F3N16O18S/c1-11-12-32-74-91(129)110(7)52-79(117)102-70(48-81(119)120)87(125)108-82(56(4)5)93(131)112(9)75(45-58-26-18-14-19-27-58)88(126)106-71(44-61-35-39-64(114)40-36-61)89(127)109(6)51-78(116)101-69(47-62-49-99-66-31-23-22-30-65(62)66)86(124)105-68(42-60-33-37-63(38-34-60)94(95,96)97)85(123)104-67(41-55(2)3)84(122)107-73(83(121)100-50-77(98)115)53-132-54-80(118)103-72(43-57-24-16-13-17-25-57)90(128)113(10)76(92(130)111(74)8)46-59-28-20-15-21-29-59/h13-31,33-40,49,55-56,67-76,82,99,114H,11-12,32,41-48,50-54H2,1-10H3,(H2,98,115)(H,100,121)(H,101,116)(H,102,117)(H,103,118)(H,104,123)(H,105,124)(H,106,126)(H,107,122)(H,108,125)(H,119,120)/t67-,68-,69-,70-,71-,72-,73-,74-,75-,76-,82-/m0/s1. The molecule has 1 aliphatic rings. The molecule has 2 heterocycles. The van der Waals surface area contributed by atoms with Gasteiger partial charge in [0.2, 0.25) is 88.6 Å². The number of phenols is 1. The van der Waals surface area contributed by atoms with Gasteiger partial charge in [-0.3, -0.25) is 76.7 Å². The normalized spacial score (nSPS) is 21.8. The van der Waals surface area contributed by atoms with Crippen molar-refractivity contribution in [2.75, 3.05) is 66.4 Å². The van der Waals surface area contributed by atoms with Crippen LogP contribution in [0.2, 0.25) is 0 Å². The lowest BCUT2D eigenvalue weighted by molar-refractivity contribution is -0.151. The van der Waals surface area contributed by atoms with Gasteiger partial charge in [0, 0.05) is 96.6 Å². The Morgan fingerprint density at radius 3 is 1.48 bits per heavy atom. The number of nitrogens with zero attached hydrogens (tertiary/aromatic N) is 5. The predicted octanol–water partition coefficient (Wildman–Crippen LogP) is 3.64. The fourth-order valence-electron chi connectivity index (χ4n) is 15.1. The molecule has 7 aromatic rings. The highest BCUT2D eigenvalue weighted by Gasteiger charge is 2.43. The highest BCUT2D eigenvalue weighted by Crippen LogP contribution is 2.30. The summed E-state index contributed by atoms with van der Waals surface area (Å²) >= 11 is 0.778. The number of fused-ring (bicyclic) bond motifs is 1. The van der Waals surface area contributed by atoms with Crippen LogP contribution in [-0.2, 0) is 121 Å². The number of rotatable bonds is 23. The molecule has 0 unspecified atom stereocenters. The molecule has 15 amide bonds. The lowest BCUT2D eigenvalue weighted by Crippen LogP contribution is -2.61. The van der Waals surface area contributed by atoms with Crippen molar-refractivity contribution in [2.24, 2.45) is 17.6 Å². The summed E-state index contributed by atoms with van der Waals surface area (Å²) in [5.74, 6) is -18.4. The third kappa shape index (κ3) is 31.0. The van der Waals surface area contributed by atoms with Gasteiger partial charge in [-0.05, 0) is 88.4 Å². The molecule has 0 saturated carbocycles. The number of aromatic hydroxyl groups is 1. The first-order valence-electron chi connectivity index (χ1n) is 43.3. The van der Waals surface area contributed by atoms with Crippen molar-refractivity contribution >= 4 is 117 Å². The summed E-state index contributed by atoms with van der Waals surface area (Å²) in [6, 6.07) is 23.8. The van der Waals surface area contributed by atoms with Crippen LogP contribution >= 0.6 is 11.8 Å². The molecule has 1 fully saturated rings. The minimum absolute atomic E-state index is 0.0102. The summed E-state index contributed by atoms with van der Waals surface area (Å²) in [5.41, 5.74) is 7.44. The molecule has 1 saturated heterocycles. The average Bonchev–Trinajstić information content (AvgIpc) is 1.80. The van der Waals surface area contributed by atoms with Gasteiger partial charge in [0.05, 0.1) is 37.4 Å². The largest absolute Gasteiger partial charge is 0.508 e. The molecule has 11 atom stereocenters. The van der Waals surface area contributed by atoms with Crippen LogP contribution in [0.5, 0.6) is 5.75 Å². The van der Waals surface area contributed by atoms with E-state index in [1.54, 1.807) is 149 Å². The molecular weight excluding hydrogens is 1730 g/mol. The molecule has 0 radical (unpaired) electrons. The summed E-state index contributed by atoms with van der Waals surface area (Å²) in [7, 11) is 6.40. The highest BCUT2D eigenvalue weighted by molar-refractivity contribution is 8.00. The second kappa shape index (κ2) is 49.4. The molecule has 1 aromatic heterocycles. The van der Waals surface area contributed by atoms with Gasteiger partial charge >= 0.3 is 12.1 Å². The number of nitrogens with two attached hydrogens (primary N) is 1. The number of carboxylic acid groups (broad SMARTS) is 1. The molecule has 708 valence electrons. The number of thioether (sulfide) groups is 1. The molecule has 8 rings (SSSR count). The Kier molecular flexibility index (Phi) is 38.8.